The molecule has 2 heterocycles. The molecule has 0 aliphatic heterocycles. The molecule has 0 radical (unpaired) electrons. The summed E-state index contributed by atoms with van der Waals surface area (Å²) in [5.41, 5.74) is 3.53. The SMILES string of the molecule is CCCCCCc1cc(C=O)c(Cc2cc(OC)c(Cc3sc(CCCCCC)cc3C=O)cc2OC)s1. The molecule has 38 heavy (non-hydrogen) atoms. The molecule has 3 rings (SSSR count). The van der Waals surface area contributed by atoms with Crippen molar-refractivity contribution in [3.63, 3.8) is 0 Å². The summed E-state index contributed by atoms with van der Waals surface area (Å²) in [5.74, 6) is 1.55. The second-order valence-electron chi connectivity index (χ2n) is 9.87. The van der Waals surface area contributed by atoms with Crippen molar-refractivity contribution < 1.29 is 19.1 Å². The van der Waals surface area contributed by atoms with E-state index < -0.39 is 0 Å². The van der Waals surface area contributed by atoms with E-state index in [2.05, 4.69) is 26.0 Å². The van der Waals surface area contributed by atoms with E-state index in [1.165, 1.54) is 48.3 Å². The summed E-state index contributed by atoms with van der Waals surface area (Å²) >= 11 is 3.46. The van der Waals surface area contributed by atoms with Gasteiger partial charge >= 0.3 is 0 Å². The van der Waals surface area contributed by atoms with Crippen molar-refractivity contribution in [2.45, 2.75) is 90.9 Å². The summed E-state index contributed by atoms with van der Waals surface area (Å²) < 4.78 is 11.6. The van der Waals surface area contributed by atoms with Crippen LogP contribution in [0.5, 0.6) is 11.5 Å². The third-order valence-electron chi connectivity index (χ3n) is 6.98. The summed E-state index contributed by atoms with van der Waals surface area (Å²) in [6, 6.07) is 8.16. The average molecular weight is 555 g/mol. The molecule has 0 N–H and O–H groups in total. The molecular formula is C32H42O4S2. The topological polar surface area (TPSA) is 52.6 Å². The van der Waals surface area contributed by atoms with E-state index in [9.17, 15) is 9.59 Å². The molecule has 0 saturated carbocycles. The second kappa shape index (κ2) is 15.8. The molecule has 2 aromatic heterocycles. The molecule has 0 bridgehead atoms. The zero-order valence-corrected chi connectivity index (χ0v) is 25.0. The molecule has 3 aromatic rings. The summed E-state index contributed by atoms with van der Waals surface area (Å²) in [4.78, 5) is 28.3. The number of rotatable bonds is 18. The largest absolute Gasteiger partial charge is 0.496 e. The number of benzene rings is 1. The number of aldehydes is 2. The highest BCUT2D eigenvalue weighted by Crippen LogP contribution is 2.36. The molecule has 0 aliphatic rings. The van der Waals surface area contributed by atoms with Crippen LogP contribution in [0.2, 0.25) is 0 Å². The first-order chi connectivity index (χ1) is 18.6. The Morgan fingerprint density at radius 2 is 1.05 bits per heavy atom. The van der Waals surface area contributed by atoms with Gasteiger partial charge in [0.2, 0.25) is 0 Å². The summed E-state index contributed by atoms with van der Waals surface area (Å²) in [5, 5.41) is 0. The van der Waals surface area contributed by atoms with Gasteiger partial charge in [0, 0.05) is 54.6 Å². The van der Waals surface area contributed by atoms with Crippen LogP contribution < -0.4 is 9.47 Å². The van der Waals surface area contributed by atoms with Gasteiger partial charge in [0.05, 0.1) is 14.2 Å². The number of methoxy groups -OCH3 is 2. The maximum atomic E-state index is 11.8. The van der Waals surface area contributed by atoms with E-state index in [0.29, 0.717) is 12.8 Å². The zero-order valence-electron chi connectivity index (χ0n) is 23.4. The van der Waals surface area contributed by atoms with Gasteiger partial charge < -0.3 is 9.47 Å². The summed E-state index contributed by atoms with van der Waals surface area (Å²) in [7, 11) is 3.36. The Hall–Kier alpha value is -2.44. The quantitative estimate of drug-likeness (QED) is 0.116. The van der Waals surface area contributed by atoms with Crippen molar-refractivity contribution in [2.24, 2.45) is 0 Å². The minimum atomic E-state index is 0.619. The fourth-order valence-electron chi connectivity index (χ4n) is 4.82. The fourth-order valence-corrected chi connectivity index (χ4v) is 7.22. The smallest absolute Gasteiger partial charge is 0.151 e. The molecule has 206 valence electrons. The third-order valence-corrected chi connectivity index (χ3v) is 9.40. The van der Waals surface area contributed by atoms with Gasteiger partial charge in [-0.1, -0.05) is 52.4 Å². The van der Waals surface area contributed by atoms with E-state index >= 15 is 0 Å². The first-order valence-corrected chi connectivity index (χ1v) is 15.6. The van der Waals surface area contributed by atoms with Crippen LogP contribution in [-0.4, -0.2) is 26.8 Å². The number of ether oxygens (including phenoxy) is 2. The molecule has 0 amide bonds. The van der Waals surface area contributed by atoms with Crippen LogP contribution in [0, 0.1) is 0 Å². The van der Waals surface area contributed by atoms with E-state index in [1.54, 1.807) is 36.9 Å². The molecule has 0 fully saturated rings. The Labute approximate surface area is 236 Å². The van der Waals surface area contributed by atoms with Crippen LogP contribution in [-0.2, 0) is 25.7 Å². The minimum absolute atomic E-state index is 0.619. The number of thiophene rings is 2. The van der Waals surface area contributed by atoms with Crippen LogP contribution in [0.15, 0.2) is 24.3 Å². The van der Waals surface area contributed by atoms with Crippen LogP contribution in [0.25, 0.3) is 0 Å². The predicted octanol–water partition coefficient (Wildman–Crippen LogP) is 8.88. The lowest BCUT2D eigenvalue weighted by molar-refractivity contribution is 0.111. The molecule has 4 nitrogen and oxygen atoms in total. The van der Waals surface area contributed by atoms with Gasteiger partial charge in [0.25, 0.3) is 0 Å². The maximum Gasteiger partial charge on any atom is 0.151 e. The Balaban J connectivity index is 1.81. The van der Waals surface area contributed by atoms with Crippen LogP contribution in [0.4, 0.5) is 0 Å². The highest BCUT2D eigenvalue weighted by atomic mass is 32.1. The van der Waals surface area contributed by atoms with Crippen molar-refractivity contribution in [1.82, 2.24) is 0 Å². The lowest BCUT2D eigenvalue weighted by Gasteiger charge is -2.15. The Kier molecular flexibility index (Phi) is 12.6. The maximum absolute atomic E-state index is 11.8. The molecule has 1 aromatic carbocycles. The van der Waals surface area contributed by atoms with E-state index in [1.807, 2.05) is 12.1 Å². The van der Waals surface area contributed by atoms with Crippen molar-refractivity contribution >= 4 is 35.2 Å². The van der Waals surface area contributed by atoms with Gasteiger partial charge in [-0.15, -0.1) is 22.7 Å². The molecular weight excluding hydrogens is 512 g/mol. The normalized spacial score (nSPS) is 11.1. The van der Waals surface area contributed by atoms with E-state index in [-0.39, 0.29) is 0 Å². The van der Waals surface area contributed by atoms with Gasteiger partial charge in [-0.2, -0.15) is 0 Å². The van der Waals surface area contributed by atoms with Gasteiger partial charge in [0.1, 0.15) is 11.5 Å². The zero-order chi connectivity index (χ0) is 27.3. The fraction of sp³-hybridized carbons (Fsp3) is 0.500. The van der Waals surface area contributed by atoms with Crippen molar-refractivity contribution in [3.05, 3.63) is 66.0 Å². The Morgan fingerprint density at radius 1 is 0.632 bits per heavy atom. The molecule has 6 heteroatoms. The molecule has 0 saturated heterocycles. The number of carbonyl (C=O) groups excluding carboxylic acids is 2. The number of aryl methyl sites for hydroxylation is 2. The van der Waals surface area contributed by atoms with Crippen LogP contribution >= 0.6 is 22.7 Å². The first kappa shape index (κ1) is 30.1. The second-order valence-corrected chi connectivity index (χ2v) is 12.3. The third kappa shape index (κ3) is 8.28. The highest BCUT2D eigenvalue weighted by molar-refractivity contribution is 7.12. The molecule has 0 aliphatic carbocycles. The minimum Gasteiger partial charge on any atom is -0.496 e. The van der Waals surface area contributed by atoms with Crippen molar-refractivity contribution in [1.29, 1.82) is 0 Å². The van der Waals surface area contributed by atoms with Gasteiger partial charge in [-0.05, 0) is 49.9 Å². The summed E-state index contributed by atoms with van der Waals surface area (Å²) in [6.07, 6.45) is 14.9. The van der Waals surface area contributed by atoms with Crippen molar-refractivity contribution in [2.75, 3.05) is 14.2 Å². The monoisotopic (exact) mass is 554 g/mol. The Morgan fingerprint density at radius 3 is 1.39 bits per heavy atom. The standard InChI is InChI=1S/C32H42O4S2/c1-5-7-9-11-13-27-15-25(21-33)31(37-27)19-23-17-30(36-4)24(18-29(23)35-3)20-32-26(22-34)16-28(38-32)14-12-10-8-6-2/h15-18,21-22H,5-14,19-20H2,1-4H3. The van der Waals surface area contributed by atoms with Gasteiger partial charge in [0.15, 0.2) is 12.6 Å². The Bertz CT molecular complexity index is 1080. The summed E-state index contributed by atoms with van der Waals surface area (Å²) in [6.45, 7) is 4.43. The number of carbonyl (C=O) groups is 2. The number of hydrogen-bond acceptors (Lipinski definition) is 6. The van der Waals surface area contributed by atoms with Gasteiger partial charge in [-0.3, -0.25) is 9.59 Å². The van der Waals surface area contributed by atoms with Crippen LogP contribution in [0.1, 0.15) is 117 Å². The van der Waals surface area contributed by atoms with Gasteiger partial charge in [-0.25, -0.2) is 0 Å². The average Bonchev–Trinajstić information content (AvgIpc) is 3.52. The highest BCUT2D eigenvalue weighted by Gasteiger charge is 2.18. The lowest BCUT2D eigenvalue weighted by Crippen LogP contribution is -2.00. The van der Waals surface area contributed by atoms with Crippen molar-refractivity contribution in [3.8, 4) is 11.5 Å². The number of hydrogen-bond donors (Lipinski definition) is 0. The van der Waals surface area contributed by atoms with Crippen LogP contribution in [0.3, 0.4) is 0 Å². The predicted molar refractivity (Wildman–Crippen MR) is 160 cm³/mol. The molecule has 0 unspecified atom stereocenters. The lowest BCUT2D eigenvalue weighted by atomic mass is 10.0. The number of unbranched alkanes of at least 4 members (excludes halogenated alkanes) is 6. The van der Waals surface area contributed by atoms with E-state index in [4.69, 9.17) is 9.47 Å². The molecule has 0 atom stereocenters. The molecule has 0 spiro atoms. The van der Waals surface area contributed by atoms with E-state index in [0.717, 1.165) is 81.8 Å². The first-order valence-electron chi connectivity index (χ1n) is 13.9.